The van der Waals surface area contributed by atoms with Crippen LogP contribution in [-0.2, 0) is 54.2 Å². The van der Waals surface area contributed by atoms with Crippen molar-refractivity contribution < 1.29 is 14.7 Å². The zero-order valence-corrected chi connectivity index (χ0v) is 19.9. The Balaban J connectivity index is 1.54. The summed E-state index contributed by atoms with van der Waals surface area (Å²) in [6, 6.07) is 5.85. The third kappa shape index (κ3) is 6.64. The third-order valence-corrected chi connectivity index (χ3v) is 6.23. The third-order valence-electron chi connectivity index (χ3n) is 5.17. The number of ketones is 2. The van der Waals surface area contributed by atoms with E-state index in [0.717, 1.165) is 39.7 Å². The predicted octanol–water partition coefficient (Wildman–Crippen LogP) is 2.81. The van der Waals surface area contributed by atoms with Gasteiger partial charge in [-0.25, -0.2) is 4.98 Å². The van der Waals surface area contributed by atoms with Crippen molar-refractivity contribution in [3.05, 3.63) is 63.1 Å². The lowest BCUT2D eigenvalue weighted by Crippen LogP contribution is -2.12. The zero-order valence-electron chi connectivity index (χ0n) is 19.1. The molecule has 7 nitrogen and oxygen atoms in total. The predicted molar refractivity (Wildman–Crippen MR) is 124 cm³/mol. The van der Waals surface area contributed by atoms with Crippen LogP contribution in [0.4, 0.5) is 0 Å². The Bertz CT molecular complexity index is 1090. The van der Waals surface area contributed by atoms with Gasteiger partial charge in [0, 0.05) is 47.5 Å². The summed E-state index contributed by atoms with van der Waals surface area (Å²) in [5.41, 5.74) is 3.61. The molecule has 170 valence electrons. The Hall–Kier alpha value is -2.71. The number of hydrogen-bond donors (Lipinski definition) is 1. The van der Waals surface area contributed by atoms with Crippen molar-refractivity contribution in [3.8, 4) is 0 Å². The molecule has 8 heteroatoms. The Kier molecular flexibility index (Phi) is 7.69. The van der Waals surface area contributed by atoms with Gasteiger partial charge in [0.2, 0.25) is 0 Å². The smallest absolute Gasteiger partial charge is 0.164 e. The van der Waals surface area contributed by atoms with Crippen molar-refractivity contribution in [1.29, 1.82) is 0 Å². The van der Waals surface area contributed by atoms with Crippen LogP contribution in [0.1, 0.15) is 53.3 Å². The average molecular weight is 455 g/mol. The van der Waals surface area contributed by atoms with Crippen LogP contribution >= 0.6 is 11.3 Å². The molecule has 0 aliphatic heterocycles. The number of aromatic nitrogens is 4. The lowest BCUT2D eigenvalue weighted by molar-refractivity contribution is -0.121. The highest BCUT2D eigenvalue weighted by atomic mass is 32.1. The van der Waals surface area contributed by atoms with Crippen molar-refractivity contribution in [2.45, 2.75) is 58.3 Å². The van der Waals surface area contributed by atoms with E-state index in [2.05, 4.69) is 35.8 Å². The highest BCUT2D eigenvalue weighted by molar-refractivity contribution is 7.11. The molecule has 32 heavy (non-hydrogen) atoms. The number of hydrogen-bond acceptors (Lipinski definition) is 7. The summed E-state index contributed by atoms with van der Waals surface area (Å²) < 4.78 is 1.79. The van der Waals surface area contributed by atoms with Gasteiger partial charge in [-0.15, -0.1) is 11.3 Å². The summed E-state index contributed by atoms with van der Waals surface area (Å²) in [6.45, 7) is 5.87. The monoisotopic (exact) mass is 454 g/mol. The summed E-state index contributed by atoms with van der Waals surface area (Å²) >= 11 is 1.57. The first-order valence-electron chi connectivity index (χ1n) is 10.7. The minimum atomic E-state index is -0.466. The lowest BCUT2D eigenvalue weighted by atomic mass is 9.92. The van der Waals surface area contributed by atoms with Crippen molar-refractivity contribution in [3.63, 3.8) is 0 Å². The molecule has 0 aliphatic carbocycles. The summed E-state index contributed by atoms with van der Waals surface area (Å²) in [7, 11) is 1.88. The maximum Gasteiger partial charge on any atom is 0.164 e. The number of pyridine rings is 1. The topological polar surface area (TPSA) is 98.0 Å². The fourth-order valence-corrected chi connectivity index (χ4v) is 4.27. The van der Waals surface area contributed by atoms with Gasteiger partial charge in [-0.05, 0) is 36.6 Å². The van der Waals surface area contributed by atoms with Crippen LogP contribution in [0, 0.1) is 0 Å². The minimum absolute atomic E-state index is 0.0484. The first-order chi connectivity index (χ1) is 15.1. The van der Waals surface area contributed by atoms with E-state index in [4.69, 9.17) is 5.11 Å². The molecule has 0 saturated carbocycles. The maximum atomic E-state index is 12.6. The number of Topliss-reactive ketones (excluding diaryl/α,β-unsaturated/α-hetero) is 2. The lowest BCUT2D eigenvalue weighted by Gasteiger charge is -2.13. The molecule has 3 aromatic rings. The SMILES string of the molecule is Cn1nc(C(C)(C)C)cc1CC(=O)Cc1ncc(CCc2ccnc(CC(=O)CO)c2)s1. The van der Waals surface area contributed by atoms with Crippen LogP contribution in [-0.4, -0.2) is 43.0 Å². The quantitative estimate of drug-likeness (QED) is 0.506. The van der Waals surface area contributed by atoms with Gasteiger partial charge in [0.1, 0.15) is 17.4 Å². The number of aliphatic hydroxyl groups is 1. The van der Waals surface area contributed by atoms with E-state index >= 15 is 0 Å². The molecule has 0 fully saturated rings. The molecule has 0 radical (unpaired) electrons. The van der Waals surface area contributed by atoms with E-state index in [9.17, 15) is 9.59 Å². The second-order valence-corrected chi connectivity index (χ2v) is 10.2. The number of thiazole rings is 1. The van der Waals surface area contributed by atoms with Gasteiger partial charge in [0.25, 0.3) is 0 Å². The first kappa shape index (κ1) is 23.9. The Labute approximate surface area is 192 Å². The Morgan fingerprint density at radius 3 is 2.53 bits per heavy atom. The van der Waals surface area contributed by atoms with Gasteiger partial charge in [-0.2, -0.15) is 5.10 Å². The van der Waals surface area contributed by atoms with E-state index in [-0.39, 0.29) is 23.4 Å². The summed E-state index contributed by atoms with van der Waals surface area (Å²) in [5, 5.41) is 14.3. The van der Waals surface area contributed by atoms with Crippen LogP contribution in [0.25, 0.3) is 0 Å². The number of aliphatic hydroxyl groups excluding tert-OH is 1. The molecule has 0 unspecified atom stereocenters. The van der Waals surface area contributed by atoms with E-state index in [1.807, 2.05) is 31.4 Å². The molecule has 3 rings (SSSR count). The molecular weight excluding hydrogens is 424 g/mol. The standard InChI is InChI=1S/C24H30N4O3S/c1-24(2,3)22-12-18(28(4)27-22)11-19(30)13-23-26-14-21(32-23)6-5-16-7-8-25-17(9-16)10-20(31)15-29/h7-9,12,14,29H,5-6,10-11,13,15H2,1-4H3. The van der Waals surface area contributed by atoms with Gasteiger partial charge in [-0.3, -0.25) is 19.3 Å². The van der Waals surface area contributed by atoms with Crippen LogP contribution in [0.15, 0.2) is 30.6 Å². The summed E-state index contributed by atoms with van der Waals surface area (Å²) in [5.74, 6) is -0.117. The number of rotatable bonds is 10. The van der Waals surface area contributed by atoms with E-state index in [1.54, 1.807) is 22.2 Å². The van der Waals surface area contributed by atoms with Crippen molar-refractivity contribution >= 4 is 22.9 Å². The van der Waals surface area contributed by atoms with Gasteiger partial charge < -0.3 is 5.11 Å². The average Bonchev–Trinajstić information content (AvgIpc) is 3.33. The molecule has 0 amide bonds. The van der Waals surface area contributed by atoms with E-state index in [1.165, 1.54) is 0 Å². The number of aryl methyl sites for hydroxylation is 3. The van der Waals surface area contributed by atoms with Crippen LogP contribution in [0.3, 0.4) is 0 Å². The zero-order chi connectivity index (χ0) is 23.3. The number of carbonyl (C=O) groups is 2. The molecule has 3 heterocycles. The first-order valence-corrected chi connectivity index (χ1v) is 11.5. The Morgan fingerprint density at radius 2 is 1.84 bits per heavy atom. The van der Waals surface area contributed by atoms with Crippen molar-refractivity contribution in [2.24, 2.45) is 7.05 Å². The van der Waals surface area contributed by atoms with Gasteiger partial charge >= 0.3 is 0 Å². The molecule has 0 spiro atoms. The van der Waals surface area contributed by atoms with E-state index in [0.29, 0.717) is 18.5 Å². The largest absolute Gasteiger partial charge is 0.389 e. The molecule has 0 atom stereocenters. The van der Waals surface area contributed by atoms with Crippen LogP contribution in [0.2, 0.25) is 0 Å². The van der Waals surface area contributed by atoms with Gasteiger partial charge in [0.15, 0.2) is 5.78 Å². The molecule has 3 aromatic heterocycles. The van der Waals surface area contributed by atoms with Crippen LogP contribution in [0.5, 0.6) is 0 Å². The minimum Gasteiger partial charge on any atom is -0.389 e. The summed E-state index contributed by atoms with van der Waals surface area (Å²) in [6.07, 6.45) is 5.94. The molecule has 1 N–H and O–H groups in total. The second kappa shape index (κ2) is 10.3. The molecule has 0 bridgehead atoms. The normalized spacial score (nSPS) is 11.7. The molecular formula is C24H30N4O3S. The fraction of sp³-hybridized carbons (Fsp3) is 0.458. The fourth-order valence-electron chi connectivity index (χ4n) is 3.32. The molecule has 0 saturated heterocycles. The maximum absolute atomic E-state index is 12.6. The van der Waals surface area contributed by atoms with Crippen molar-refractivity contribution in [2.75, 3.05) is 6.61 Å². The van der Waals surface area contributed by atoms with Crippen LogP contribution < -0.4 is 0 Å². The highest BCUT2D eigenvalue weighted by Gasteiger charge is 2.20. The Morgan fingerprint density at radius 1 is 1.06 bits per heavy atom. The highest BCUT2D eigenvalue weighted by Crippen LogP contribution is 2.22. The molecule has 0 aliphatic rings. The molecule has 0 aromatic carbocycles. The number of nitrogens with zero attached hydrogens (tertiary/aromatic N) is 4. The van der Waals surface area contributed by atoms with Crippen molar-refractivity contribution in [1.82, 2.24) is 19.7 Å². The second-order valence-electron chi connectivity index (χ2n) is 9.04. The summed E-state index contributed by atoms with van der Waals surface area (Å²) in [4.78, 5) is 33.8. The van der Waals surface area contributed by atoms with Gasteiger partial charge in [-0.1, -0.05) is 20.8 Å². The van der Waals surface area contributed by atoms with E-state index < -0.39 is 6.61 Å². The van der Waals surface area contributed by atoms with Gasteiger partial charge in [0.05, 0.1) is 18.5 Å². The number of carbonyl (C=O) groups excluding carboxylic acids is 2.